The van der Waals surface area contributed by atoms with E-state index in [1.807, 2.05) is 6.92 Å². The maximum Gasteiger partial charge on any atom is 0.421 e. The molecule has 0 N–H and O–H groups in total. The normalized spacial score (nSPS) is 15.2. The van der Waals surface area contributed by atoms with E-state index in [9.17, 15) is 18.0 Å². The fraction of sp³-hybridized carbons (Fsp3) is 0.400. The van der Waals surface area contributed by atoms with Crippen molar-refractivity contribution in [3.8, 4) is 5.75 Å². The molecule has 3 heterocycles. The van der Waals surface area contributed by atoms with Crippen LogP contribution in [0.1, 0.15) is 12.5 Å². The van der Waals surface area contributed by atoms with Crippen LogP contribution in [0.5, 0.6) is 5.75 Å². The van der Waals surface area contributed by atoms with E-state index in [1.165, 1.54) is 23.0 Å². The lowest BCUT2D eigenvalue weighted by atomic mass is 10.1. The van der Waals surface area contributed by atoms with Crippen LogP contribution in [0.25, 0.3) is 0 Å². The zero-order valence-corrected chi connectivity index (χ0v) is 12.8. The molecule has 0 unspecified atom stereocenters. The zero-order valence-electron chi connectivity index (χ0n) is 12.8. The topological polar surface area (TPSA) is 60.3 Å². The zero-order chi connectivity index (χ0) is 17.3. The molecular weight excluding hydrogens is 325 g/mol. The van der Waals surface area contributed by atoms with Crippen LogP contribution in [0.15, 0.2) is 35.6 Å². The molecular formula is C15H15F3N4O2. The van der Waals surface area contributed by atoms with Gasteiger partial charge in [-0.2, -0.15) is 13.2 Å². The van der Waals surface area contributed by atoms with Gasteiger partial charge in [0.05, 0.1) is 13.1 Å². The van der Waals surface area contributed by atoms with Gasteiger partial charge >= 0.3 is 6.18 Å². The van der Waals surface area contributed by atoms with Crippen molar-refractivity contribution < 1.29 is 17.9 Å². The molecule has 0 bridgehead atoms. The van der Waals surface area contributed by atoms with Crippen LogP contribution >= 0.6 is 0 Å². The number of alkyl halides is 3. The van der Waals surface area contributed by atoms with E-state index in [2.05, 4.69) is 9.97 Å². The number of nitrogens with zero attached hydrogens (tertiary/aromatic N) is 4. The van der Waals surface area contributed by atoms with Gasteiger partial charge < -0.3 is 14.2 Å². The van der Waals surface area contributed by atoms with E-state index in [1.54, 1.807) is 11.1 Å². The summed E-state index contributed by atoms with van der Waals surface area (Å²) in [6.45, 7) is 2.97. The second-order valence-corrected chi connectivity index (χ2v) is 5.36. The lowest BCUT2D eigenvalue weighted by molar-refractivity contribution is -0.139. The van der Waals surface area contributed by atoms with E-state index < -0.39 is 17.8 Å². The summed E-state index contributed by atoms with van der Waals surface area (Å²) in [6.07, 6.45) is 0.142. The molecule has 1 saturated heterocycles. The number of hydrogen-bond acceptors (Lipinski definition) is 5. The molecule has 9 heteroatoms. The van der Waals surface area contributed by atoms with Crippen LogP contribution < -0.4 is 15.2 Å². The van der Waals surface area contributed by atoms with Gasteiger partial charge in [0, 0.05) is 31.3 Å². The Bertz CT molecular complexity index is 785. The average molecular weight is 340 g/mol. The summed E-state index contributed by atoms with van der Waals surface area (Å²) >= 11 is 0. The van der Waals surface area contributed by atoms with Crippen LogP contribution in [0.2, 0.25) is 0 Å². The number of pyridine rings is 1. The molecule has 1 aliphatic heterocycles. The van der Waals surface area contributed by atoms with Gasteiger partial charge in [0.25, 0.3) is 5.56 Å². The Morgan fingerprint density at radius 1 is 1.33 bits per heavy atom. The van der Waals surface area contributed by atoms with Gasteiger partial charge in [-0.05, 0) is 13.0 Å². The van der Waals surface area contributed by atoms with Crippen molar-refractivity contribution in [3.63, 3.8) is 0 Å². The summed E-state index contributed by atoms with van der Waals surface area (Å²) in [6, 6.07) is 1.19. The summed E-state index contributed by atoms with van der Waals surface area (Å²) in [5.74, 6) is 0.0270. The quantitative estimate of drug-likeness (QED) is 0.851. The molecule has 0 aromatic carbocycles. The highest BCUT2D eigenvalue weighted by Gasteiger charge is 2.37. The molecule has 0 spiro atoms. The van der Waals surface area contributed by atoms with Crippen LogP contribution in [-0.2, 0) is 12.7 Å². The van der Waals surface area contributed by atoms with E-state index in [-0.39, 0.29) is 17.1 Å². The maximum absolute atomic E-state index is 12.9. The third-order valence-electron chi connectivity index (χ3n) is 3.76. The van der Waals surface area contributed by atoms with Gasteiger partial charge in [-0.25, -0.2) is 4.98 Å². The van der Waals surface area contributed by atoms with E-state index in [0.717, 1.165) is 6.20 Å². The van der Waals surface area contributed by atoms with Gasteiger partial charge in [0.1, 0.15) is 17.4 Å². The predicted molar refractivity (Wildman–Crippen MR) is 80.0 cm³/mol. The Morgan fingerprint density at radius 3 is 2.75 bits per heavy atom. The monoisotopic (exact) mass is 340 g/mol. The Morgan fingerprint density at radius 2 is 2.08 bits per heavy atom. The van der Waals surface area contributed by atoms with Crippen LogP contribution in [-0.4, -0.2) is 33.7 Å². The molecule has 0 radical (unpaired) electrons. The SMILES string of the molecule is CCn1ccnc(N2CC(Oc3ccncc3C(F)(F)F)C2)c1=O. The molecule has 2 aromatic heterocycles. The molecule has 3 rings (SSSR count). The van der Waals surface area contributed by atoms with Crippen molar-refractivity contribution in [2.24, 2.45) is 0 Å². The molecule has 24 heavy (non-hydrogen) atoms. The third kappa shape index (κ3) is 3.06. The Labute approximate surface area is 135 Å². The van der Waals surface area contributed by atoms with Crippen molar-refractivity contribution in [2.75, 3.05) is 18.0 Å². The van der Waals surface area contributed by atoms with Crippen LogP contribution in [0.3, 0.4) is 0 Å². The minimum absolute atomic E-state index is 0.224. The van der Waals surface area contributed by atoms with Crippen molar-refractivity contribution in [1.82, 2.24) is 14.5 Å². The minimum atomic E-state index is -4.52. The van der Waals surface area contributed by atoms with Gasteiger partial charge in [-0.1, -0.05) is 0 Å². The summed E-state index contributed by atoms with van der Waals surface area (Å²) in [5, 5.41) is 0. The molecule has 6 nitrogen and oxygen atoms in total. The number of rotatable bonds is 4. The van der Waals surface area contributed by atoms with Gasteiger partial charge in [0.15, 0.2) is 5.82 Å². The lowest BCUT2D eigenvalue weighted by Crippen LogP contribution is -2.56. The summed E-state index contributed by atoms with van der Waals surface area (Å²) in [4.78, 5) is 21.4. The summed E-state index contributed by atoms with van der Waals surface area (Å²) in [7, 11) is 0. The smallest absolute Gasteiger partial charge is 0.421 e. The van der Waals surface area contributed by atoms with Crippen molar-refractivity contribution in [3.05, 3.63) is 46.8 Å². The fourth-order valence-electron chi connectivity index (χ4n) is 2.46. The van der Waals surface area contributed by atoms with Crippen molar-refractivity contribution in [1.29, 1.82) is 0 Å². The summed E-state index contributed by atoms with van der Waals surface area (Å²) in [5.41, 5.74) is -1.13. The number of ether oxygens (including phenoxy) is 1. The molecule has 0 saturated carbocycles. The molecule has 1 aliphatic rings. The first-order valence-corrected chi connectivity index (χ1v) is 7.38. The van der Waals surface area contributed by atoms with Crippen LogP contribution in [0, 0.1) is 0 Å². The molecule has 128 valence electrons. The maximum atomic E-state index is 12.9. The Kier molecular flexibility index (Phi) is 4.16. The Hall–Kier alpha value is -2.58. The highest BCUT2D eigenvalue weighted by molar-refractivity contribution is 5.41. The summed E-state index contributed by atoms with van der Waals surface area (Å²) < 4.78 is 45.7. The first-order chi connectivity index (χ1) is 11.4. The van der Waals surface area contributed by atoms with Gasteiger partial charge in [-0.15, -0.1) is 0 Å². The molecule has 0 amide bonds. The number of anilines is 1. The second kappa shape index (κ2) is 6.14. The van der Waals surface area contributed by atoms with E-state index in [0.29, 0.717) is 19.6 Å². The predicted octanol–water partition coefficient (Wildman–Crippen LogP) is 1.94. The van der Waals surface area contributed by atoms with Crippen LogP contribution in [0.4, 0.5) is 19.0 Å². The fourth-order valence-corrected chi connectivity index (χ4v) is 2.46. The molecule has 0 aliphatic carbocycles. The highest BCUT2D eigenvalue weighted by Crippen LogP contribution is 2.36. The van der Waals surface area contributed by atoms with E-state index >= 15 is 0 Å². The van der Waals surface area contributed by atoms with Gasteiger partial charge in [-0.3, -0.25) is 9.78 Å². The number of aromatic nitrogens is 3. The standard InChI is InChI=1S/C15H15F3N4O2/c1-2-21-6-5-20-13(14(21)23)22-8-10(9-22)24-12-3-4-19-7-11(12)15(16,17)18/h3-7,10H,2,8-9H2,1H3. The van der Waals surface area contributed by atoms with E-state index in [4.69, 9.17) is 4.74 Å². The van der Waals surface area contributed by atoms with Gasteiger partial charge in [0.2, 0.25) is 0 Å². The van der Waals surface area contributed by atoms with Crippen molar-refractivity contribution >= 4 is 5.82 Å². The minimum Gasteiger partial charge on any atom is -0.486 e. The molecule has 1 fully saturated rings. The number of halogens is 3. The second-order valence-electron chi connectivity index (χ2n) is 5.36. The van der Waals surface area contributed by atoms with Crippen molar-refractivity contribution in [2.45, 2.75) is 25.7 Å². The Balaban J connectivity index is 1.70. The number of hydrogen-bond donors (Lipinski definition) is 0. The average Bonchev–Trinajstić information content (AvgIpc) is 2.51. The number of aryl methyl sites for hydroxylation is 1. The first kappa shape index (κ1) is 16.3. The molecule has 0 atom stereocenters. The lowest BCUT2D eigenvalue weighted by Gasteiger charge is -2.39. The highest BCUT2D eigenvalue weighted by atomic mass is 19.4. The largest absolute Gasteiger partial charge is 0.486 e. The third-order valence-corrected chi connectivity index (χ3v) is 3.76. The molecule has 2 aromatic rings. The first-order valence-electron chi connectivity index (χ1n) is 7.38.